The van der Waals surface area contributed by atoms with Gasteiger partial charge in [0.2, 0.25) is 11.8 Å². The van der Waals surface area contributed by atoms with Gasteiger partial charge in [-0.2, -0.15) is 0 Å². The van der Waals surface area contributed by atoms with E-state index in [-0.39, 0.29) is 5.91 Å². The van der Waals surface area contributed by atoms with Gasteiger partial charge in [0.05, 0.1) is 0 Å². The average molecular weight is 294 g/mol. The molecule has 4 nitrogen and oxygen atoms in total. The SMILES string of the molecule is O=C(CC1C=CCC1)Nc1cccnc1Oc1ccccc1. The van der Waals surface area contributed by atoms with Crippen LogP contribution in [0, 0.1) is 5.92 Å². The molecule has 0 saturated carbocycles. The summed E-state index contributed by atoms with van der Waals surface area (Å²) in [5.41, 5.74) is 0.596. The predicted octanol–water partition coefficient (Wildman–Crippen LogP) is 4.17. The summed E-state index contributed by atoms with van der Waals surface area (Å²) in [5.74, 6) is 1.43. The molecule has 1 aliphatic rings. The van der Waals surface area contributed by atoms with Crippen molar-refractivity contribution in [3.05, 3.63) is 60.8 Å². The minimum atomic E-state index is -0.0116. The number of carbonyl (C=O) groups is 1. The molecule has 1 heterocycles. The average Bonchev–Trinajstić information content (AvgIpc) is 3.03. The maximum Gasteiger partial charge on any atom is 0.243 e. The second kappa shape index (κ2) is 6.89. The molecule has 1 N–H and O–H groups in total. The van der Waals surface area contributed by atoms with Crippen molar-refractivity contribution in [2.75, 3.05) is 5.32 Å². The van der Waals surface area contributed by atoms with Gasteiger partial charge in [-0.05, 0) is 43.0 Å². The van der Waals surface area contributed by atoms with E-state index in [1.165, 1.54) is 0 Å². The fourth-order valence-corrected chi connectivity index (χ4v) is 2.47. The van der Waals surface area contributed by atoms with E-state index in [1.807, 2.05) is 30.3 Å². The molecule has 1 aromatic carbocycles. The highest BCUT2D eigenvalue weighted by molar-refractivity contribution is 5.92. The van der Waals surface area contributed by atoms with Crippen LogP contribution in [-0.2, 0) is 4.79 Å². The van der Waals surface area contributed by atoms with Gasteiger partial charge >= 0.3 is 0 Å². The summed E-state index contributed by atoms with van der Waals surface area (Å²) in [6.45, 7) is 0. The number of pyridine rings is 1. The molecule has 0 spiro atoms. The van der Waals surface area contributed by atoms with Crippen LogP contribution in [0.5, 0.6) is 11.6 Å². The minimum absolute atomic E-state index is 0.0116. The van der Waals surface area contributed by atoms with Crippen LogP contribution in [0.4, 0.5) is 5.69 Å². The molecule has 1 unspecified atom stereocenters. The molecular weight excluding hydrogens is 276 g/mol. The second-order valence-corrected chi connectivity index (χ2v) is 5.29. The van der Waals surface area contributed by atoms with Crippen molar-refractivity contribution in [2.24, 2.45) is 5.92 Å². The summed E-state index contributed by atoms with van der Waals surface area (Å²) in [7, 11) is 0. The Balaban J connectivity index is 1.68. The Morgan fingerprint density at radius 1 is 1.23 bits per heavy atom. The van der Waals surface area contributed by atoms with E-state index < -0.39 is 0 Å². The first kappa shape index (κ1) is 14.3. The zero-order valence-corrected chi connectivity index (χ0v) is 12.2. The largest absolute Gasteiger partial charge is 0.437 e. The molecular formula is C18H18N2O2. The lowest BCUT2D eigenvalue weighted by molar-refractivity contribution is -0.116. The maximum atomic E-state index is 12.1. The number of rotatable bonds is 5. The van der Waals surface area contributed by atoms with Crippen LogP contribution < -0.4 is 10.1 Å². The van der Waals surface area contributed by atoms with E-state index in [4.69, 9.17) is 4.74 Å². The summed E-state index contributed by atoms with van der Waals surface area (Å²) < 4.78 is 5.74. The number of nitrogens with zero attached hydrogens (tertiary/aromatic N) is 1. The Morgan fingerprint density at radius 3 is 2.86 bits per heavy atom. The molecule has 0 bridgehead atoms. The van der Waals surface area contributed by atoms with Gasteiger partial charge in [0.25, 0.3) is 0 Å². The van der Waals surface area contributed by atoms with E-state index in [2.05, 4.69) is 22.5 Å². The molecule has 112 valence electrons. The van der Waals surface area contributed by atoms with Gasteiger partial charge < -0.3 is 10.1 Å². The van der Waals surface area contributed by atoms with E-state index in [0.29, 0.717) is 29.7 Å². The zero-order valence-electron chi connectivity index (χ0n) is 12.2. The van der Waals surface area contributed by atoms with Crippen molar-refractivity contribution in [3.63, 3.8) is 0 Å². The Bertz CT molecular complexity index is 668. The Hall–Kier alpha value is -2.62. The van der Waals surface area contributed by atoms with Gasteiger partial charge in [-0.25, -0.2) is 4.98 Å². The van der Waals surface area contributed by atoms with E-state index in [1.54, 1.807) is 18.3 Å². The van der Waals surface area contributed by atoms with E-state index in [9.17, 15) is 4.79 Å². The number of benzene rings is 1. The summed E-state index contributed by atoms with van der Waals surface area (Å²) in [4.78, 5) is 16.4. The third-order valence-corrected chi connectivity index (χ3v) is 3.56. The molecule has 4 heteroatoms. The van der Waals surface area contributed by atoms with Crippen molar-refractivity contribution >= 4 is 11.6 Å². The first-order valence-electron chi connectivity index (χ1n) is 7.46. The Labute approximate surface area is 129 Å². The van der Waals surface area contributed by atoms with Crippen molar-refractivity contribution in [2.45, 2.75) is 19.3 Å². The smallest absolute Gasteiger partial charge is 0.243 e. The molecule has 2 aromatic rings. The van der Waals surface area contributed by atoms with Crippen LogP contribution in [0.3, 0.4) is 0 Å². The van der Waals surface area contributed by atoms with Crippen molar-refractivity contribution in [1.82, 2.24) is 4.98 Å². The number of nitrogens with one attached hydrogen (secondary N) is 1. The van der Waals surface area contributed by atoms with Crippen LogP contribution in [-0.4, -0.2) is 10.9 Å². The summed E-state index contributed by atoms with van der Waals surface area (Å²) in [6.07, 6.45) is 8.50. The minimum Gasteiger partial charge on any atom is -0.437 e. The highest BCUT2D eigenvalue weighted by Crippen LogP contribution is 2.27. The van der Waals surface area contributed by atoms with Crippen LogP contribution in [0.25, 0.3) is 0 Å². The van der Waals surface area contributed by atoms with E-state index in [0.717, 1.165) is 12.8 Å². The van der Waals surface area contributed by atoms with Gasteiger partial charge in [0.15, 0.2) is 0 Å². The van der Waals surface area contributed by atoms with Crippen LogP contribution >= 0.6 is 0 Å². The molecule has 0 fully saturated rings. The number of allylic oxidation sites excluding steroid dienone is 2. The number of ether oxygens (including phenoxy) is 1. The topological polar surface area (TPSA) is 51.2 Å². The molecule has 1 aliphatic carbocycles. The molecule has 22 heavy (non-hydrogen) atoms. The maximum absolute atomic E-state index is 12.1. The number of amides is 1. The highest BCUT2D eigenvalue weighted by Gasteiger charge is 2.16. The number of hydrogen-bond donors (Lipinski definition) is 1. The van der Waals surface area contributed by atoms with Gasteiger partial charge in [-0.1, -0.05) is 30.4 Å². The third-order valence-electron chi connectivity index (χ3n) is 3.56. The van der Waals surface area contributed by atoms with Gasteiger partial charge in [-0.3, -0.25) is 4.79 Å². The predicted molar refractivity (Wildman–Crippen MR) is 85.9 cm³/mol. The first-order chi connectivity index (χ1) is 10.8. The molecule has 0 radical (unpaired) electrons. The summed E-state index contributed by atoms with van der Waals surface area (Å²) in [6, 6.07) is 13.0. The lowest BCUT2D eigenvalue weighted by Gasteiger charge is -2.12. The highest BCUT2D eigenvalue weighted by atomic mass is 16.5. The zero-order chi connectivity index (χ0) is 15.2. The van der Waals surface area contributed by atoms with Crippen LogP contribution in [0.2, 0.25) is 0 Å². The summed E-state index contributed by atoms with van der Waals surface area (Å²) >= 11 is 0. The quantitative estimate of drug-likeness (QED) is 0.842. The number of hydrogen-bond acceptors (Lipinski definition) is 3. The molecule has 1 amide bonds. The first-order valence-corrected chi connectivity index (χ1v) is 7.46. The van der Waals surface area contributed by atoms with Crippen LogP contribution in [0.15, 0.2) is 60.8 Å². The lowest BCUT2D eigenvalue weighted by Crippen LogP contribution is -2.15. The summed E-state index contributed by atoms with van der Waals surface area (Å²) in [5, 5.41) is 2.90. The number of para-hydroxylation sites is 1. The van der Waals surface area contributed by atoms with Gasteiger partial charge in [0, 0.05) is 12.6 Å². The molecule has 1 atom stereocenters. The number of anilines is 1. The van der Waals surface area contributed by atoms with Crippen molar-refractivity contribution in [3.8, 4) is 11.6 Å². The standard InChI is InChI=1S/C18H18N2O2/c21-17(13-14-7-4-5-8-14)20-16-11-6-12-19-18(16)22-15-9-2-1-3-10-15/h1-4,6-7,9-12,14H,5,8,13H2,(H,20,21). The van der Waals surface area contributed by atoms with Crippen molar-refractivity contribution < 1.29 is 9.53 Å². The molecule has 3 rings (SSSR count). The molecule has 0 saturated heterocycles. The fourth-order valence-electron chi connectivity index (χ4n) is 2.47. The van der Waals surface area contributed by atoms with Gasteiger partial charge in [-0.15, -0.1) is 0 Å². The number of aromatic nitrogens is 1. The van der Waals surface area contributed by atoms with E-state index >= 15 is 0 Å². The Morgan fingerprint density at radius 2 is 2.09 bits per heavy atom. The lowest BCUT2D eigenvalue weighted by atomic mass is 10.1. The second-order valence-electron chi connectivity index (χ2n) is 5.29. The number of carbonyl (C=O) groups excluding carboxylic acids is 1. The monoisotopic (exact) mass is 294 g/mol. The van der Waals surface area contributed by atoms with Crippen molar-refractivity contribution in [1.29, 1.82) is 0 Å². The van der Waals surface area contributed by atoms with Gasteiger partial charge in [0.1, 0.15) is 11.4 Å². The van der Waals surface area contributed by atoms with Crippen LogP contribution in [0.1, 0.15) is 19.3 Å². The third kappa shape index (κ3) is 3.73. The molecule has 0 aliphatic heterocycles. The Kier molecular flexibility index (Phi) is 4.49. The fraction of sp³-hybridized carbons (Fsp3) is 0.222. The molecule has 1 aromatic heterocycles. The normalized spacial score (nSPS) is 16.5.